The van der Waals surface area contributed by atoms with Gasteiger partial charge in [-0.25, -0.2) is 27.3 Å². The largest absolute Gasteiger partial charge is 0.497 e. The van der Waals surface area contributed by atoms with Crippen LogP contribution in [-0.4, -0.2) is 34.9 Å². The van der Waals surface area contributed by atoms with Crippen LogP contribution in [0.1, 0.15) is 5.69 Å². The number of hydrogen-bond acceptors (Lipinski definition) is 5. The van der Waals surface area contributed by atoms with Gasteiger partial charge in [0, 0.05) is 19.2 Å². The Bertz CT molecular complexity index is 1390. The number of ether oxygens (including phenoxy) is 1. The Kier molecular flexibility index (Phi) is 4.59. The molecule has 0 spiro atoms. The van der Waals surface area contributed by atoms with E-state index in [0.717, 1.165) is 12.1 Å². The molecule has 8 nitrogen and oxygen atoms in total. The van der Waals surface area contributed by atoms with E-state index < -0.39 is 21.7 Å². The van der Waals surface area contributed by atoms with Gasteiger partial charge in [0.1, 0.15) is 29.5 Å². The molecule has 0 radical (unpaired) electrons. The predicted molar refractivity (Wildman–Crippen MR) is 106 cm³/mol. The molecule has 0 aliphatic carbocycles. The summed E-state index contributed by atoms with van der Waals surface area (Å²) in [6.45, 7) is 1.64. The summed E-state index contributed by atoms with van der Waals surface area (Å²) >= 11 is 0. The maximum atomic E-state index is 14.8. The molecule has 0 saturated heterocycles. The third-order valence-corrected chi connectivity index (χ3v) is 5.68. The third-order valence-electron chi connectivity index (χ3n) is 4.77. The van der Waals surface area contributed by atoms with Crippen molar-refractivity contribution in [2.45, 2.75) is 11.8 Å². The van der Waals surface area contributed by atoms with E-state index in [1.807, 2.05) is 0 Å². The molecule has 4 aromatic rings. The van der Waals surface area contributed by atoms with Crippen LogP contribution in [-0.2, 0) is 17.1 Å². The molecule has 0 unspecified atom stereocenters. The van der Waals surface area contributed by atoms with Crippen molar-refractivity contribution in [3.8, 4) is 22.7 Å². The van der Waals surface area contributed by atoms with Crippen molar-refractivity contribution < 1.29 is 21.9 Å². The fourth-order valence-corrected chi connectivity index (χ4v) is 3.99. The highest BCUT2D eigenvalue weighted by molar-refractivity contribution is 7.89. The van der Waals surface area contributed by atoms with Gasteiger partial charge in [-0.05, 0) is 25.1 Å². The minimum atomic E-state index is -3.90. The van der Waals surface area contributed by atoms with Gasteiger partial charge in [-0.1, -0.05) is 0 Å². The van der Waals surface area contributed by atoms with Crippen molar-refractivity contribution in [2.24, 2.45) is 12.2 Å². The lowest BCUT2D eigenvalue weighted by atomic mass is 10.0. The Morgan fingerprint density at radius 3 is 2.37 bits per heavy atom. The zero-order valence-corrected chi connectivity index (χ0v) is 17.0. The fraction of sp³-hybridized carbons (Fsp3) is 0.158. The smallest absolute Gasteiger partial charge is 0.238 e. The van der Waals surface area contributed by atoms with Crippen LogP contribution in [0.3, 0.4) is 0 Å². The van der Waals surface area contributed by atoms with Crippen LogP contribution in [0.4, 0.5) is 8.78 Å². The number of halogens is 2. The fourth-order valence-electron chi connectivity index (χ4n) is 3.46. The first-order valence-electron chi connectivity index (χ1n) is 8.69. The maximum Gasteiger partial charge on any atom is 0.238 e. The second-order valence-corrected chi connectivity index (χ2v) is 8.25. The predicted octanol–water partition coefficient (Wildman–Crippen LogP) is 2.67. The number of nitrogens with zero attached hydrogens (tertiary/aromatic N) is 4. The van der Waals surface area contributed by atoms with Crippen molar-refractivity contribution in [1.82, 2.24) is 19.3 Å². The Hall–Kier alpha value is -3.31. The average Bonchev–Trinajstić information content (AvgIpc) is 3.20. The summed E-state index contributed by atoms with van der Waals surface area (Å²) in [5.74, 6) is -1.18. The number of benzene rings is 2. The Morgan fingerprint density at radius 2 is 1.77 bits per heavy atom. The summed E-state index contributed by atoms with van der Waals surface area (Å²) in [7, 11) is -0.944. The number of rotatable bonds is 4. The first-order valence-corrected chi connectivity index (χ1v) is 10.2. The molecule has 0 aliphatic heterocycles. The summed E-state index contributed by atoms with van der Waals surface area (Å²) in [6.07, 6.45) is 1.43. The Morgan fingerprint density at radius 1 is 1.10 bits per heavy atom. The molecule has 0 fully saturated rings. The maximum absolute atomic E-state index is 14.8. The molecule has 0 aliphatic rings. The normalized spacial score (nSPS) is 11.9. The highest BCUT2D eigenvalue weighted by Crippen LogP contribution is 2.37. The number of sulfonamides is 1. The average molecular weight is 433 g/mol. The van der Waals surface area contributed by atoms with E-state index in [0.29, 0.717) is 22.5 Å². The molecule has 0 saturated carbocycles. The monoisotopic (exact) mass is 433 g/mol. The van der Waals surface area contributed by atoms with Crippen LogP contribution < -0.4 is 9.88 Å². The molecule has 156 valence electrons. The van der Waals surface area contributed by atoms with Crippen molar-refractivity contribution in [3.05, 3.63) is 54.0 Å². The van der Waals surface area contributed by atoms with Crippen LogP contribution in [0, 0.1) is 18.6 Å². The minimum absolute atomic E-state index is 0.0560. The van der Waals surface area contributed by atoms with Gasteiger partial charge in [0.2, 0.25) is 10.0 Å². The van der Waals surface area contributed by atoms with Gasteiger partial charge in [0.25, 0.3) is 0 Å². The molecule has 0 bridgehead atoms. The van der Waals surface area contributed by atoms with E-state index in [1.54, 1.807) is 18.5 Å². The van der Waals surface area contributed by atoms with E-state index >= 15 is 0 Å². The van der Waals surface area contributed by atoms with Crippen molar-refractivity contribution in [3.63, 3.8) is 0 Å². The van der Waals surface area contributed by atoms with Crippen molar-refractivity contribution in [2.75, 3.05) is 7.11 Å². The molecule has 11 heteroatoms. The van der Waals surface area contributed by atoms with Crippen LogP contribution in [0.25, 0.3) is 28.0 Å². The standard InChI is InChI=1S/C19H17F2N5O3S/c1-10-17(18-13(20)6-11(29-3)7-14(18)21)19(25(2)24-10)26-9-23-15-8-12(30(22,27)28)4-5-16(15)26/h4-9H,1-3H3,(H2,22,27,28). The summed E-state index contributed by atoms with van der Waals surface area (Å²) in [5.41, 5.74) is 1.26. The number of nitrogens with two attached hydrogens (primary N) is 1. The van der Waals surface area contributed by atoms with Crippen LogP contribution in [0.2, 0.25) is 0 Å². The lowest BCUT2D eigenvalue weighted by molar-refractivity contribution is 0.407. The number of aromatic nitrogens is 4. The van der Waals surface area contributed by atoms with E-state index in [2.05, 4.69) is 10.1 Å². The number of imidazole rings is 1. The quantitative estimate of drug-likeness (QED) is 0.533. The third kappa shape index (κ3) is 3.12. The van der Waals surface area contributed by atoms with Crippen LogP contribution in [0.15, 0.2) is 41.6 Å². The molecule has 4 rings (SSSR count). The molecule has 2 N–H and O–H groups in total. The SMILES string of the molecule is COc1cc(F)c(-c2c(C)nn(C)c2-n2cnc3cc(S(N)(=O)=O)ccc32)c(F)c1. The van der Waals surface area contributed by atoms with Crippen LogP contribution >= 0.6 is 0 Å². The number of primary sulfonamides is 1. The second kappa shape index (κ2) is 6.89. The first kappa shape index (κ1) is 20.0. The Balaban J connectivity index is 1.99. The molecule has 2 heterocycles. The van der Waals surface area contributed by atoms with Gasteiger partial charge < -0.3 is 4.74 Å². The number of fused-ring (bicyclic) bond motifs is 1. The van der Waals surface area contributed by atoms with Crippen molar-refractivity contribution >= 4 is 21.1 Å². The van der Waals surface area contributed by atoms with Crippen LogP contribution in [0.5, 0.6) is 5.75 Å². The summed E-state index contributed by atoms with van der Waals surface area (Å²) < 4.78 is 60.9. The van der Waals surface area contributed by atoms with E-state index in [9.17, 15) is 17.2 Å². The van der Waals surface area contributed by atoms with Crippen molar-refractivity contribution in [1.29, 1.82) is 0 Å². The lowest BCUT2D eigenvalue weighted by Crippen LogP contribution is -2.12. The highest BCUT2D eigenvalue weighted by atomic mass is 32.2. The zero-order chi connectivity index (χ0) is 21.8. The number of aryl methyl sites for hydroxylation is 2. The summed E-state index contributed by atoms with van der Waals surface area (Å²) in [5, 5.41) is 9.50. The molecular formula is C19H17F2N5O3S. The second-order valence-electron chi connectivity index (χ2n) is 6.68. The molecular weight excluding hydrogens is 416 g/mol. The van der Waals surface area contributed by atoms with Gasteiger partial charge in [-0.2, -0.15) is 5.10 Å². The highest BCUT2D eigenvalue weighted by Gasteiger charge is 2.25. The number of hydrogen-bond donors (Lipinski definition) is 1. The molecule has 0 amide bonds. The van der Waals surface area contributed by atoms with Gasteiger partial charge in [-0.15, -0.1) is 0 Å². The summed E-state index contributed by atoms with van der Waals surface area (Å²) in [4.78, 5) is 4.13. The lowest BCUT2D eigenvalue weighted by Gasteiger charge is -2.12. The summed E-state index contributed by atoms with van der Waals surface area (Å²) in [6, 6.07) is 6.39. The number of methoxy groups -OCH3 is 1. The van der Waals surface area contributed by atoms with Gasteiger partial charge in [-0.3, -0.25) is 9.25 Å². The van der Waals surface area contributed by atoms with Gasteiger partial charge in [0.15, 0.2) is 0 Å². The van der Waals surface area contributed by atoms with E-state index in [-0.39, 0.29) is 21.8 Å². The molecule has 30 heavy (non-hydrogen) atoms. The molecule has 0 atom stereocenters. The van der Waals surface area contributed by atoms with Gasteiger partial charge in [0.05, 0.1) is 39.9 Å². The van der Waals surface area contributed by atoms with E-state index in [1.165, 1.54) is 36.3 Å². The topological polar surface area (TPSA) is 105 Å². The van der Waals surface area contributed by atoms with Gasteiger partial charge >= 0.3 is 0 Å². The zero-order valence-electron chi connectivity index (χ0n) is 16.2. The Labute approximate surface area is 170 Å². The first-order chi connectivity index (χ1) is 14.1. The minimum Gasteiger partial charge on any atom is -0.497 e. The van der Waals surface area contributed by atoms with E-state index in [4.69, 9.17) is 9.88 Å². The molecule has 2 aromatic heterocycles. The molecule has 2 aromatic carbocycles.